The minimum atomic E-state index is -4.33. The van der Waals surface area contributed by atoms with Crippen LogP contribution in [0.1, 0.15) is 15.9 Å². The second kappa shape index (κ2) is 9.92. The molecule has 0 bridgehead atoms. The number of amides is 1. The maximum atomic E-state index is 12.4. The van der Waals surface area contributed by atoms with Gasteiger partial charge >= 0.3 is 16.1 Å². The van der Waals surface area contributed by atoms with Crippen molar-refractivity contribution in [3.63, 3.8) is 0 Å². The van der Waals surface area contributed by atoms with E-state index in [1.54, 1.807) is 12.1 Å². The molecule has 0 heterocycles. The summed E-state index contributed by atoms with van der Waals surface area (Å²) in [6, 6.07) is 16.5. The Morgan fingerprint density at radius 2 is 1.70 bits per heavy atom. The summed E-state index contributed by atoms with van der Waals surface area (Å²) >= 11 is 0. The Bertz CT molecular complexity index is 1300. The molecule has 1 amide bonds. The zero-order valence-corrected chi connectivity index (χ0v) is 18.1. The highest BCUT2D eigenvalue weighted by Crippen LogP contribution is 2.22. The fourth-order valence-corrected chi connectivity index (χ4v) is 3.66. The number of nitrogens with one attached hydrogen (secondary N) is 1. The fourth-order valence-electron chi connectivity index (χ4n) is 2.69. The zero-order valence-electron chi connectivity index (χ0n) is 17.3. The van der Waals surface area contributed by atoms with Crippen LogP contribution in [0.25, 0.3) is 0 Å². The molecule has 11 heteroatoms. The number of nitrogens with zero attached hydrogens (tertiary/aromatic N) is 1. The number of nitro groups is 1. The molecule has 0 saturated heterocycles. The number of hydrogen-bond donors (Lipinski definition) is 1. The van der Waals surface area contributed by atoms with Crippen LogP contribution in [0.3, 0.4) is 0 Å². The molecule has 10 nitrogen and oxygen atoms in total. The van der Waals surface area contributed by atoms with E-state index in [0.717, 1.165) is 23.8 Å². The third kappa shape index (κ3) is 6.14. The van der Waals surface area contributed by atoms with Gasteiger partial charge in [-0.1, -0.05) is 24.3 Å². The molecular formula is C22H18N2O8S. The lowest BCUT2D eigenvalue weighted by molar-refractivity contribution is -0.385. The first kappa shape index (κ1) is 23.4. The van der Waals surface area contributed by atoms with Gasteiger partial charge in [0.2, 0.25) is 0 Å². The first-order valence-electron chi connectivity index (χ1n) is 9.47. The highest BCUT2D eigenvalue weighted by molar-refractivity contribution is 7.87. The number of carbonyl (C=O) groups is 2. The summed E-state index contributed by atoms with van der Waals surface area (Å²) in [6.45, 7) is 1.32. The lowest BCUT2D eigenvalue weighted by Crippen LogP contribution is -2.21. The number of carbonyl (C=O) groups excluding carboxylic acids is 2. The van der Waals surface area contributed by atoms with E-state index in [9.17, 15) is 28.1 Å². The highest BCUT2D eigenvalue weighted by Gasteiger charge is 2.20. The predicted octanol–water partition coefficient (Wildman–Crippen LogP) is 3.47. The number of para-hydroxylation sites is 1. The van der Waals surface area contributed by atoms with E-state index in [-0.39, 0.29) is 16.2 Å². The molecule has 170 valence electrons. The third-order valence-corrected chi connectivity index (χ3v) is 5.61. The van der Waals surface area contributed by atoms with Crippen LogP contribution in [-0.4, -0.2) is 31.8 Å². The smallest absolute Gasteiger partial charge is 0.339 e. The SMILES string of the molecule is Cc1ccccc1NC(=O)COC(=O)c1ccc(OS(=O)(=O)c2cccc([N+](=O)[O-])c2)cc1. The Balaban J connectivity index is 1.59. The maximum absolute atomic E-state index is 12.4. The lowest BCUT2D eigenvalue weighted by atomic mass is 10.2. The van der Waals surface area contributed by atoms with Crippen molar-refractivity contribution in [1.29, 1.82) is 0 Å². The number of aryl methyl sites for hydroxylation is 1. The standard InChI is InChI=1S/C22H18N2O8S/c1-15-5-2-3-8-20(15)23-21(25)14-31-22(26)16-9-11-18(12-10-16)32-33(29,30)19-7-4-6-17(13-19)24(27)28/h2-13H,14H2,1H3,(H,23,25). The Morgan fingerprint density at radius 1 is 1.00 bits per heavy atom. The van der Waals surface area contributed by atoms with Gasteiger partial charge < -0.3 is 14.2 Å². The van der Waals surface area contributed by atoms with Gasteiger partial charge in [0.1, 0.15) is 10.6 Å². The van der Waals surface area contributed by atoms with E-state index in [1.807, 2.05) is 19.1 Å². The minimum absolute atomic E-state index is 0.0683. The predicted molar refractivity (Wildman–Crippen MR) is 117 cm³/mol. The summed E-state index contributed by atoms with van der Waals surface area (Å²) in [4.78, 5) is 33.9. The molecule has 0 aliphatic carbocycles. The second-order valence-corrected chi connectivity index (χ2v) is 8.30. The number of anilines is 1. The van der Waals surface area contributed by atoms with Crippen LogP contribution in [0, 0.1) is 17.0 Å². The van der Waals surface area contributed by atoms with Crippen LogP contribution in [0.15, 0.2) is 77.7 Å². The van der Waals surface area contributed by atoms with Crippen LogP contribution in [0.5, 0.6) is 5.75 Å². The molecule has 3 aromatic carbocycles. The number of esters is 1. The van der Waals surface area contributed by atoms with Gasteiger partial charge in [0.15, 0.2) is 6.61 Å². The fraction of sp³-hybridized carbons (Fsp3) is 0.0909. The van der Waals surface area contributed by atoms with Crippen LogP contribution in [0.4, 0.5) is 11.4 Å². The Morgan fingerprint density at radius 3 is 2.36 bits per heavy atom. The number of benzene rings is 3. The first-order valence-corrected chi connectivity index (χ1v) is 10.9. The van der Waals surface area contributed by atoms with Gasteiger partial charge in [0.05, 0.1) is 10.5 Å². The molecule has 0 unspecified atom stereocenters. The van der Waals surface area contributed by atoms with E-state index in [2.05, 4.69) is 5.32 Å². The average Bonchev–Trinajstić information content (AvgIpc) is 2.79. The van der Waals surface area contributed by atoms with E-state index >= 15 is 0 Å². The Kier molecular flexibility index (Phi) is 7.04. The topological polar surface area (TPSA) is 142 Å². The van der Waals surface area contributed by atoms with E-state index < -0.39 is 39.2 Å². The van der Waals surface area contributed by atoms with Gasteiger partial charge in [-0.2, -0.15) is 8.42 Å². The molecule has 33 heavy (non-hydrogen) atoms. The summed E-state index contributed by atoms with van der Waals surface area (Å²) in [5.74, 6) is -1.42. The monoisotopic (exact) mass is 470 g/mol. The van der Waals surface area contributed by atoms with E-state index in [1.165, 1.54) is 30.3 Å². The van der Waals surface area contributed by atoms with Gasteiger partial charge in [-0.25, -0.2) is 4.79 Å². The van der Waals surface area contributed by atoms with Gasteiger partial charge in [0, 0.05) is 17.8 Å². The van der Waals surface area contributed by atoms with Crippen molar-refractivity contribution in [2.24, 2.45) is 0 Å². The number of rotatable bonds is 8. The molecule has 3 aromatic rings. The van der Waals surface area contributed by atoms with Crippen molar-refractivity contribution in [1.82, 2.24) is 0 Å². The van der Waals surface area contributed by atoms with Crippen LogP contribution < -0.4 is 9.50 Å². The van der Waals surface area contributed by atoms with Crippen molar-refractivity contribution in [2.75, 3.05) is 11.9 Å². The summed E-state index contributed by atoms with van der Waals surface area (Å²) in [5.41, 5.74) is 1.13. The molecular weight excluding hydrogens is 452 g/mol. The zero-order chi connectivity index (χ0) is 24.0. The van der Waals surface area contributed by atoms with Crippen LogP contribution in [0.2, 0.25) is 0 Å². The Labute approximate surface area is 189 Å². The molecule has 0 aliphatic rings. The third-order valence-electron chi connectivity index (χ3n) is 4.37. The molecule has 0 fully saturated rings. The number of hydrogen-bond acceptors (Lipinski definition) is 8. The molecule has 0 aromatic heterocycles. The van der Waals surface area contributed by atoms with Gasteiger partial charge in [-0.15, -0.1) is 0 Å². The number of non-ortho nitro benzene ring substituents is 1. The highest BCUT2D eigenvalue weighted by atomic mass is 32.2. The summed E-state index contributed by atoms with van der Waals surface area (Å²) in [5, 5.41) is 13.5. The first-order chi connectivity index (χ1) is 15.7. The largest absolute Gasteiger partial charge is 0.452 e. The lowest BCUT2D eigenvalue weighted by Gasteiger charge is -2.09. The van der Waals surface area contributed by atoms with E-state index in [4.69, 9.17) is 8.92 Å². The molecule has 3 rings (SSSR count). The molecule has 1 N–H and O–H groups in total. The van der Waals surface area contributed by atoms with Crippen molar-refractivity contribution < 1.29 is 31.9 Å². The van der Waals surface area contributed by atoms with Crippen LogP contribution >= 0.6 is 0 Å². The quantitative estimate of drug-likeness (QED) is 0.228. The van der Waals surface area contributed by atoms with Crippen molar-refractivity contribution in [3.8, 4) is 5.75 Å². The van der Waals surface area contributed by atoms with Crippen LogP contribution in [-0.2, 0) is 19.6 Å². The summed E-state index contributed by atoms with van der Waals surface area (Å²) in [6.07, 6.45) is 0. The van der Waals surface area contributed by atoms with Gasteiger partial charge in [-0.3, -0.25) is 14.9 Å². The van der Waals surface area contributed by atoms with E-state index in [0.29, 0.717) is 5.69 Å². The summed E-state index contributed by atoms with van der Waals surface area (Å²) in [7, 11) is -4.33. The van der Waals surface area contributed by atoms with Crippen molar-refractivity contribution >= 4 is 33.4 Å². The summed E-state index contributed by atoms with van der Waals surface area (Å²) < 4.78 is 34.7. The Hall–Kier alpha value is -4.25. The number of ether oxygens (including phenoxy) is 1. The second-order valence-electron chi connectivity index (χ2n) is 6.76. The maximum Gasteiger partial charge on any atom is 0.339 e. The van der Waals surface area contributed by atoms with Crippen molar-refractivity contribution in [3.05, 3.63) is 94.0 Å². The molecule has 0 radical (unpaired) electrons. The normalized spacial score (nSPS) is 10.8. The average molecular weight is 470 g/mol. The van der Waals surface area contributed by atoms with Crippen molar-refractivity contribution in [2.45, 2.75) is 11.8 Å². The molecule has 0 aliphatic heterocycles. The van der Waals surface area contributed by atoms with Gasteiger partial charge in [0.25, 0.3) is 11.6 Å². The molecule has 0 atom stereocenters. The van der Waals surface area contributed by atoms with Gasteiger partial charge in [-0.05, 0) is 48.9 Å². The number of nitro benzene ring substituents is 1. The molecule has 0 saturated carbocycles. The molecule has 0 spiro atoms. The minimum Gasteiger partial charge on any atom is -0.452 e.